The van der Waals surface area contributed by atoms with Gasteiger partial charge in [-0.25, -0.2) is 9.59 Å². The normalized spacial score (nSPS) is 11.7. The quantitative estimate of drug-likeness (QED) is 0.538. The number of nitrogens with one attached hydrogen (secondary N) is 1. The van der Waals surface area contributed by atoms with Gasteiger partial charge < -0.3 is 20.3 Å². The standard InChI is InChI=1S/C14H16N2O6/c1-8(13(19)16-14(15)20)22-12(18)6-4-9-3-5-10(17)11(7-9)21-2/h3-8,17H,1-2H3,(H3,15,16,19,20)/b6-4+/t8-/m1/s1. The zero-order valence-corrected chi connectivity index (χ0v) is 12.0. The Bertz CT molecular complexity index is 611. The van der Waals surface area contributed by atoms with Crippen LogP contribution in [0.25, 0.3) is 6.08 Å². The molecule has 0 aliphatic heterocycles. The van der Waals surface area contributed by atoms with E-state index in [1.54, 1.807) is 11.4 Å². The Kier molecular flexibility index (Phi) is 5.94. The van der Waals surface area contributed by atoms with E-state index < -0.39 is 24.0 Å². The Labute approximate surface area is 126 Å². The summed E-state index contributed by atoms with van der Waals surface area (Å²) in [5.41, 5.74) is 5.36. The van der Waals surface area contributed by atoms with Crippen LogP contribution in [-0.2, 0) is 14.3 Å². The Morgan fingerprint density at radius 3 is 2.64 bits per heavy atom. The van der Waals surface area contributed by atoms with Crippen LogP contribution in [0.3, 0.4) is 0 Å². The summed E-state index contributed by atoms with van der Waals surface area (Å²) in [6.07, 6.45) is 1.35. The summed E-state index contributed by atoms with van der Waals surface area (Å²) in [6, 6.07) is 3.46. The summed E-state index contributed by atoms with van der Waals surface area (Å²) in [7, 11) is 1.40. The lowest BCUT2D eigenvalue weighted by Gasteiger charge is -2.10. The first-order valence-electron chi connectivity index (χ1n) is 6.19. The van der Waals surface area contributed by atoms with Crippen LogP contribution in [-0.4, -0.2) is 36.2 Å². The Balaban J connectivity index is 2.64. The van der Waals surface area contributed by atoms with Crippen molar-refractivity contribution >= 4 is 24.0 Å². The molecule has 0 radical (unpaired) electrons. The van der Waals surface area contributed by atoms with E-state index >= 15 is 0 Å². The number of phenolic OH excluding ortho intramolecular Hbond substituents is 1. The van der Waals surface area contributed by atoms with Crippen LogP contribution in [0.4, 0.5) is 4.79 Å². The number of carbonyl (C=O) groups is 3. The lowest BCUT2D eigenvalue weighted by atomic mass is 10.2. The van der Waals surface area contributed by atoms with Gasteiger partial charge in [0.15, 0.2) is 17.6 Å². The molecule has 1 aromatic rings. The van der Waals surface area contributed by atoms with Crippen LogP contribution in [0.1, 0.15) is 12.5 Å². The van der Waals surface area contributed by atoms with Crippen molar-refractivity contribution in [2.24, 2.45) is 5.73 Å². The maximum Gasteiger partial charge on any atom is 0.331 e. The molecule has 0 unspecified atom stereocenters. The highest BCUT2D eigenvalue weighted by Crippen LogP contribution is 2.26. The number of benzene rings is 1. The van der Waals surface area contributed by atoms with Gasteiger partial charge in [0, 0.05) is 6.08 Å². The van der Waals surface area contributed by atoms with Crippen molar-refractivity contribution in [3.8, 4) is 11.5 Å². The van der Waals surface area contributed by atoms with E-state index in [0.29, 0.717) is 5.56 Å². The number of amides is 3. The molecule has 0 heterocycles. The fraction of sp³-hybridized carbons (Fsp3) is 0.214. The van der Waals surface area contributed by atoms with Crippen LogP contribution in [0.15, 0.2) is 24.3 Å². The third-order valence-corrected chi connectivity index (χ3v) is 2.52. The van der Waals surface area contributed by atoms with E-state index in [2.05, 4.69) is 0 Å². The molecule has 0 saturated carbocycles. The molecule has 0 aromatic heterocycles. The van der Waals surface area contributed by atoms with Crippen molar-refractivity contribution in [2.75, 3.05) is 7.11 Å². The molecule has 1 aromatic carbocycles. The molecule has 0 bridgehead atoms. The van der Waals surface area contributed by atoms with Gasteiger partial charge in [0.1, 0.15) is 0 Å². The molecule has 0 aliphatic carbocycles. The van der Waals surface area contributed by atoms with Gasteiger partial charge in [-0.15, -0.1) is 0 Å². The first-order chi connectivity index (χ1) is 10.3. The zero-order chi connectivity index (χ0) is 16.7. The van der Waals surface area contributed by atoms with Crippen molar-refractivity contribution in [2.45, 2.75) is 13.0 Å². The maximum absolute atomic E-state index is 11.6. The van der Waals surface area contributed by atoms with Crippen LogP contribution in [0.2, 0.25) is 0 Å². The fourth-order valence-electron chi connectivity index (χ4n) is 1.45. The number of rotatable bonds is 5. The molecular formula is C14H16N2O6. The van der Waals surface area contributed by atoms with E-state index in [-0.39, 0.29) is 11.5 Å². The average Bonchev–Trinajstić information content (AvgIpc) is 2.45. The molecule has 8 nitrogen and oxygen atoms in total. The van der Waals surface area contributed by atoms with E-state index in [4.69, 9.17) is 15.2 Å². The van der Waals surface area contributed by atoms with Gasteiger partial charge in [-0.2, -0.15) is 0 Å². The van der Waals surface area contributed by atoms with Crippen LogP contribution >= 0.6 is 0 Å². The van der Waals surface area contributed by atoms with Crippen molar-refractivity contribution in [3.05, 3.63) is 29.8 Å². The van der Waals surface area contributed by atoms with Crippen molar-refractivity contribution < 1.29 is 29.0 Å². The Morgan fingerprint density at radius 2 is 2.05 bits per heavy atom. The Hall–Kier alpha value is -3.03. The second kappa shape index (κ2) is 7.67. The van der Waals surface area contributed by atoms with E-state index in [0.717, 1.165) is 6.08 Å². The van der Waals surface area contributed by atoms with Gasteiger partial charge in [0.05, 0.1) is 7.11 Å². The molecule has 8 heteroatoms. The predicted molar refractivity (Wildman–Crippen MR) is 77.0 cm³/mol. The number of esters is 1. The topological polar surface area (TPSA) is 128 Å². The van der Waals surface area contributed by atoms with Crippen molar-refractivity contribution in [3.63, 3.8) is 0 Å². The first-order valence-corrected chi connectivity index (χ1v) is 6.19. The summed E-state index contributed by atoms with van der Waals surface area (Å²) >= 11 is 0. The molecular weight excluding hydrogens is 292 g/mol. The van der Waals surface area contributed by atoms with Gasteiger partial charge >= 0.3 is 12.0 Å². The minimum absolute atomic E-state index is 0.0287. The number of nitrogens with two attached hydrogens (primary N) is 1. The number of methoxy groups -OCH3 is 1. The average molecular weight is 308 g/mol. The second-order valence-electron chi connectivity index (χ2n) is 4.20. The molecule has 22 heavy (non-hydrogen) atoms. The first kappa shape index (κ1) is 17.0. The number of hydrogen-bond acceptors (Lipinski definition) is 6. The highest BCUT2D eigenvalue weighted by molar-refractivity contribution is 5.97. The van der Waals surface area contributed by atoms with E-state index in [1.807, 2.05) is 0 Å². The fourth-order valence-corrected chi connectivity index (χ4v) is 1.45. The highest BCUT2D eigenvalue weighted by Gasteiger charge is 2.17. The number of imide groups is 1. The lowest BCUT2D eigenvalue weighted by Crippen LogP contribution is -2.42. The smallest absolute Gasteiger partial charge is 0.331 e. The van der Waals surface area contributed by atoms with Gasteiger partial charge in [-0.1, -0.05) is 6.07 Å². The van der Waals surface area contributed by atoms with Gasteiger partial charge in [0.2, 0.25) is 0 Å². The number of carbonyl (C=O) groups excluding carboxylic acids is 3. The number of urea groups is 1. The van der Waals surface area contributed by atoms with E-state index in [9.17, 15) is 19.5 Å². The highest BCUT2D eigenvalue weighted by atomic mass is 16.5. The summed E-state index contributed by atoms with van der Waals surface area (Å²) in [5, 5.41) is 11.2. The maximum atomic E-state index is 11.6. The monoisotopic (exact) mass is 308 g/mol. The van der Waals surface area contributed by atoms with Crippen LogP contribution < -0.4 is 15.8 Å². The molecule has 1 rings (SSSR count). The summed E-state index contributed by atoms with van der Waals surface area (Å²) in [4.78, 5) is 33.4. The summed E-state index contributed by atoms with van der Waals surface area (Å²) in [6.45, 7) is 1.30. The Morgan fingerprint density at radius 1 is 1.36 bits per heavy atom. The van der Waals surface area contributed by atoms with Gasteiger partial charge in [-0.05, 0) is 30.7 Å². The molecule has 0 aliphatic rings. The number of hydrogen-bond donors (Lipinski definition) is 3. The molecule has 4 N–H and O–H groups in total. The zero-order valence-electron chi connectivity index (χ0n) is 12.0. The molecule has 0 fully saturated rings. The largest absolute Gasteiger partial charge is 0.504 e. The number of aromatic hydroxyl groups is 1. The van der Waals surface area contributed by atoms with Gasteiger partial charge in [-0.3, -0.25) is 10.1 Å². The van der Waals surface area contributed by atoms with E-state index in [1.165, 1.54) is 32.2 Å². The summed E-state index contributed by atoms with van der Waals surface area (Å²) in [5.74, 6) is -1.37. The minimum Gasteiger partial charge on any atom is -0.504 e. The predicted octanol–water partition coefficient (Wildman–Crippen LogP) is 0.541. The molecule has 3 amide bonds. The third kappa shape index (κ3) is 5.16. The van der Waals surface area contributed by atoms with Gasteiger partial charge in [0.25, 0.3) is 5.91 Å². The minimum atomic E-state index is -1.17. The lowest BCUT2D eigenvalue weighted by molar-refractivity contribution is -0.149. The van der Waals surface area contributed by atoms with Crippen molar-refractivity contribution in [1.82, 2.24) is 5.32 Å². The SMILES string of the molecule is COc1cc(/C=C/C(=O)O[C@H](C)C(=O)NC(N)=O)ccc1O. The van der Waals surface area contributed by atoms with Crippen molar-refractivity contribution in [1.29, 1.82) is 0 Å². The number of primary amides is 1. The molecule has 0 spiro atoms. The van der Waals surface area contributed by atoms with Crippen LogP contribution in [0.5, 0.6) is 11.5 Å². The number of ether oxygens (including phenoxy) is 2. The number of phenols is 1. The molecule has 1 atom stereocenters. The molecule has 118 valence electrons. The molecule has 0 saturated heterocycles. The summed E-state index contributed by atoms with van der Waals surface area (Å²) < 4.78 is 9.72. The second-order valence-corrected chi connectivity index (χ2v) is 4.20. The third-order valence-electron chi connectivity index (χ3n) is 2.52. The van der Waals surface area contributed by atoms with Crippen LogP contribution in [0, 0.1) is 0 Å².